The minimum atomic E-state index is -1.08. The summed E-state index contributed by atoms with van der Waals surface area (Å²) >= 11 is 0. The summed E-state index contributed by atoms with van der Waals surface area (Å²) < 4.78 is 0. The number of carboxylic acid groups (broad SMARTS) is 5. The first-order chi connectivity index (χ1) is 8.66. The van der Waals surface area contributed by atoms with Crippen molar-refractivity contribution in [3.05, 3.63) is 0 Å². The number of hydrogen-bond acceptors (Lipinski definition) is 10. The van der Waals surface area contributed by atoms with Gasteiger partial charge in [0.05, 0.1) is 0 Å². The van der Waals surface area contributed by atoms with Crippen LogP contribution in [0.4, 0.5) is 0 Å². The quantitative estimate of drug-likeness (QED) is 0.259. The first-order valence-electron chi connectivity index (χ1n) is 4.54. The second-order valence-corrected chi connectivity index (χ2v) is 2.46. The van der Waals surface area contributed by atoms with Crippen molar-refractivity contribution in [1.82, 2.24) is 0 Å². The maximum Gasteiger partial charge on any atom is 3.00 e. The van der Waals surface area contributed by atoms with Crippen LogP contribution in [0.3, 0.4) is 0 Å². The molecule has 0 N–H and O–H groups in total. The van der Waals surface area contributed by atoms with E-state index in [1.165, 1.54) is 0 Å². The molecule has 22 heavy (non-hydrogen) atoms. The van der Waals surface area contributed by atoms with Gasteiger partial charge in [0.1, 0.15) is 0 Å². The van der Waals surface area contributed by atoms with Crippen molar-refractivity contribution in [3.8, 4) is 0 Å². The first kappa shape index (κ1) is 42.8. The zero-order valence-electron chi connectivity index (χ0n) is 12.2. The van der Waals surface area contributed by atoms with Crippen LogP contribution in [-0.4, -0.2) is 29.8 Å². The van der Waals surface area contributed by atoms with Crippen LogP contribution in [0.5, 0.6) is 0 Å². The predicted octanol–water partition coefficient (Wildman–Crippen LogP) is -6.22. The van der Waals surface area contributed by atoms with Crippen LogP contribution in [-0.2, 0) is 63.4 Å². The molecule has 10 nitrogen and oxygen atoms in total. The number of carbonyl (C=O) groups excluding carboxylic acids is 5. The molecule has 12 heteroatoms. The molecule has 137 valence electrons. The smallest absolute Gasteiger partial charge is 0.550 e. The van der Waals surface area contributed by atoms with Gasteiger partial charge in [-0.1, -0.05) is 0 Å². The summed E-state index contributed by atoms with van der Waals surface area (Å²) in [7, 11) is 0. The van der Waals surface area contributed by atoms with Gasteiger partial charge in [0.15, 0.2) is 0 Å². The summed E-state index contributed by atoms with van der Waals surface area (Å²) in [6, 6.07) is 0. The van der Waals surface area contributed by atoms with Crippen molar-refractivity contribution in [1.29, 1.82) is 0 Å². The maximum atomic E-state index is 8.89. The molecular weight excluding hydrogens is 541 g/mol. The zero-order valence-corrected chi connectivity index (χ0v) is 15.3. The minimum Gasteiger partial charge on any atom is -0.550 e. The minimum absolute atomic E-state index is 0. The molecule has 0 heterocycles. The standard InChI is InChI=1S/5C2H4O2.Au.Cu/c5*1-2(3)4;;/h5*1H3,(H,3,4);;/q;;;;;+3;+2/p-5. The zero-order chi connectivity index (χ0) is 17.9. The van der Waals surface area contributed by atoms with E-state index in [0.29, 0.717) is 0 Å². The molecule has 0 aliphatic carbocycles. The van der Waals surface area contributed by atoms with Crippen molar-refractivity contribution in [2.24, 2.45) is 0 Å². The summed E-state index contributed by atoms with van der Waals surface area (Å²) in [4.78, 5) is 44.4. The van der Waals surface area contributed by atoms with Crippen LogP contribution < -0.4 is 25.5 Å². The third kappa shape index (κ3) is 2990. The molecule has 0 rings (SSSR count). The van der Waals surface area contributed by atoms with E-state index in [1.807, 2.05) is 0 Å². The molecule has 0 aromatic carbocycles. The molecule has 0 aliphatic rings. The molecule has 0 spiro atoms. The number of rotatable bonds is 0. The molecule has 0 saturated heterocycles. The monoisotopic (exact) mass is 555 g/mol. The average molecular weight is 556 g/mol. The molecule has 0 atom stereocenters. The van der Waals surface area contributed by atoms with E-state index in [2.05, 4.69) is 0 Å². The van der Waals surface area contributed by atoms with Gasteiger partial charge in [0, 0.05) is 29.8 Å². The SMILES string of the molecule is CC(=O)[O-].CC(=O)[O-].CC(=O)[O-].CC(=O)[O-].CC(=O)[O-].[Au+3].[Cu+2]. The van der Waals surface area contributed by atoms with Gasteiger partial charge in [-0.25, -0.2) is 0 Å². The Bertz CT molecular complexity index is 216. The van der Waals surface area contributed by atoms with Crippen LogP contribution in [0.15, 0.2) is 0 Å². The maximum absolute atomic E-state index is 8.89. The molecule has 0 amide bonds. The molecule has 0 aromatic rings. The number of aliphatic carboxylic acids is 5. The Morgan fingerprint density at radius 2 is 0.455 bits per heavy atom. The molecule has 1 radical (unpaired) electrons. The van der Waals surface area contributed by atoms with Crippen molar-refractivity contribution < 1.29 is 89.0 Å². The van der Waals surface area contributed by atoms with Crippen molar-refractivity contribution in [3.63, 3.8) is 0 Å². The van der Waals surface area contributed by atoms with Gasteiger partial charge >= 0.3 is 39.4 Å². The van der Waals surface area contributed by atoms with E-state index < -0.39 is 29.8 Å². The summed E-state index contributed by atoms with van der Waals surface area (Å²) in [5, 5.41) is 44.4. The van der Waals surface area contributed by atoms with Gasteiger partial charge in [-0.05, 0) is 34.6 Å². The van der Waals surface area contributed by atoms with Crippen LogP contribution in [0.25, 0.3) is 0 Å². The van der Waals surface area contributed by atoms with Gasteiger partial charge < -0.3 is 49.5 Å². The molecule has 0 unspecified atom stereocenters. The number of carbonyl (C=O) groups is 5. The largest absolute Gasteiger partial charge is 3.00 e. The Morgan fingerprint density at radius 3 is 0.455 bits per heavy atom. The average Bonchev–Trinajstić information content (AvgIpc) is 1.94. The summed E-state index contributed by atoms with van der Waals surface area (Å²) in [6.07, 6.45) is 0. The second-order valence-electron chi connectivity index (χ2n) is 2.46. The van der Waals surface area contributed by atoms with Crippen LogP contribution in [0.1, 0.15) is 34.6 Å². The van der Waals surface area contributed by atoms with E-state index in [0.717, 1.165) is 34.6 Å². The third-order valence-corrected chi connectivity index (χ3v) is 0. The van der Waals surface area contributed by atoms with Gasteiger partial charge in [-0.2, -0.15) is 0 Å². The van der Waals surface area contributed by atoms with Crippen LogP contribution in [0, 0.1) is 0 Å². The Balaban J connectivity index is -0.0000000250. The van der Waals surface area contributed by atoms with Crippen molar-refractivity contribution >= 4 is 29.8 Å². The van der Waals surface area contributed by atoms with Gasteiger partial charge in [-0.15, -0.1) is 0 Å². The fourth-order valence-corrected chi connectivity index (χ4v) is 0. The van der Waals surface area contributed by atoms with E-state index in [1.54, 1.807) is 0 Å². The van der Waals surface area contributed by atoms with Crippen molar-refractivity contribution in [2.75, 3.05) is 0 Å². The molecular formula is C10H15AuCuO10. The number of hydrogen-bond donors (Lipinski definition) is 0. The Hall–Kier alpha value is -1.39. The van der Waals surface area contributed by atoms with Crippen LogP contribution >= 0.6 is 0 Å². The second kappa shape index (κ2) is 36.7. The summed E-state index contributed by atoms with van der Waals surface area (Å²) in [5.41, 5.74) is 0. The van der Waals surface area contributed by atoms with Gasteiger partial charge in [0.2, 0.25) is 0 Å². The molecule has 0 fully saturated rings. The number of carboxylic acids is 5. The molecule has 0 bridgehead atoms. The van der Waals surface area contributed by atoms with E-state index in [-0.39, 0.29) is 39.4 Å². The van der Waals surface area contributed by atoms with E-state index >= 15 is 0 Å². The fraction of sp³-hybridized carbons (Fsp3) is 0.500. The summed E-state index contributed by atoms with van der Waals surface area (Å²) in [6.45, 7) is 4.86. The Morgan fingerprint density at radius 1 is 0.455 bits per heavy atom. The normalized spacial score (nSPS) is 5.68. The summed E-state index contributed by atoms with van der Waals surface area (Å²) in [5.74, 6) is -5.42. The van der Waals surface area contributed by atoms with E-state index in [4.69, 9.17) is 49.5 Å². The molecule has 0 aliphatic heterocycles. The third-order valence-electron chi connectivity index (χ3n) is 0. The molecule has 0 aromatic heterocycles. The topological polar surface area (TPSA) is 201 Å². The Kier molecular flexibility index (Phi) is 71.3. The van der Waals surface area contributed by atoms with E-state index in [9.17, 15) is 0 Å². The van der Waals surface area contributed by atoms with Crippen molar-refractivity contribution in [2.45, 2.75) is 34.6 Å². The Labute approximate surface area is 153 Å². The first-order valence-corrected chi connectivity index (χ1v) is 4.54. The fourth-order valence-electron chi connectivity index (χ4n) is 0. The van der Waals surface area contributed by atoms with Gasteiger partial charge in [0.25, 0.3) is 0 Å². The van der Waals surface area contributed by atoms with Crippen LogP contribution in [0.2, 0.25) is 0 Å². The molecule has 0 saturated carbocycles. The van der Waals surface area contributed by atoms with Gasteiger partial charge in [-0.3, -0.25) is 0 Å². The predicted molar refractivity (Wildman–Crippen MR) is 53.4 cm³/mol.